The minimum Gasteiger partial charge on any atom is -0.385 e. The lowest BCUT2D eigenvalue weighted by atomic mass is 10.1. The Morgan fingerprint density at radius 2 is 2.47 bits per heavy atom. The number of amides is 1. The van der Waals surface area contributed by atoms with Crippen LogP contribution in [0.15, 0.2) is 18.7 Å². The lowest BCUT2D eigenvalue weighted by molar-refractivity contribution is -0.122. The minimum absolute atomic E-state index is 0.110. The molecule has 0 bridgehead atoms. The molecule has 3 N–H and O–H groups in total. The van der Waals surface area contributed by atoms with Crippen molar-refractivity contribution in [2.45, 2.75) is 25.4 Å². The van der Waals surface area contributed by atoms with Gasteiger partial charge >= 0.3 is 0 Å². The third kappa shape index (κ3) is 5.46. The highest BCUT2D eigenvalue weighted by Crippen LogP contribution is 1.95. The van der Waals surface area contributed by atoms with E-state index in [4.69, 9.17) is 10.5 Å². The number of nitrogens with zero attached hydrogens (tertiary/aromatic N) is 2. The average Bonchev–Trinajstić information content (AvgIpc) is 2.82. The van der Waals surface area contributed by atoms with Crippen LogP contribution in [0.2, 0.25) is 0 Å². The number of nitrogens with two attached hydrogens (primary N) is 1. The van der Waals surface area contributed by atoms with Crippen molar-refractivity contribution in [3.8, 4) is 0 Å². The Labute approximate surface area is 101 Å². The summed E-state index contributed by atoms with van der Waals surface area (Å²) in [6.45, 7) is 1.90. The largest absolute Gasteiger partial charge is 0.385 e. The van der Waals surface area contributed by atoms with Crippen molar-refractivity contribution in [3.63, 3.8) is 0 Å². The summed E-state index contributed by atoms with van der Waals surface area (Å²) in [4.78, 5) is 15.5. The number of imidazole rings is 1. The van der Waals surface area contributed by atoms with E-state index in [9.17, 15) is 4.79 Å². The Kier molecular flexibility index (Phi) is 6.27. The molecule has 0 radical (unpaired) electrons. The molecular weight excluding hydrogens is 220 g/mol. The van der Waals surface area contributed by atoms with Gasteiger partial charge in [-0.1, -0.05) is 0 Å². The summed E-state index contributed by atoms with van der Waals surface area (Å²) in [5.41, 5.74) is 5.73. The molecule has 1 heterocycles. The van der Waals surface area contributed by atoms with Crippen molar-refractivity contribution < 1.29 is 9.53 Å². The maximum absolute atomic E-state index is 11.6. The van der Waals surface area contributed by atoms with E-state index in [0.29, 0.717) is 26.1 Å². The Hall–Kier alpha value is -1.40. The van der Waals surface area contributed by atoms with Gasteiger partial charge in [0.2, 0.25) is 5.91 Å². The van der Waals surface area contributed by atoms with E-state index in [1.807, 2.05) is 10.8 Å². The van der Waals surface area contributed by atoms with Crippen molar-refractivity contribution in [2.75, 3.05) is 20.3 Å². The van der Waals surface area contributed by atoms with Crippen molar-refractivity contribution >= 4 is 5.91 Å². The highest BCUT2D eigenvalue weighted by Gasteiger charge is 2.11. The fraction of sp³-hybridized carbons (Fsp3) is 0.636. The topological polar surface area (TPSA) is 82.2 Å². The lowest BCUT2D eigenvalue weighted by Crippen LogP contribution is -2.41. The predicted molar refractivity (Wildman–Crippen MR) is 64.3 cm³/mol. The Balaban J connectivity index is 2.11. The van der Waals surface area contributed by atoms with Crippen LogP contribution in [0, 0.1) is 0 Å². The summed E-state index contributed by atoms with van der Waals surface area (Å²) >= 11 is 0. The van der Waals surface area contributed by atoms with Crippen LogP contribution in [0.5, 0.6) is 0 Å². The van der Waals surface area contributed by atoms with E-state index in [0.717, 1.165) is 6.42 Å². The quantitative estimate of drug-likeness (QED) is 0.614. The average molecular weight is 240 g/mol. The highest BCUT2D eigenvalue weighted by molar-refractivity contribution is 5.81. The van der Waals surface area contributed by atoms with Crippen LogP contribution in [0.3, 0.4) is 0 Å². The molecule has 6 nitrogen and oxygen atoms in total. The molecule has 0 aromatic carbocycles. The molecule has 0 aliphatic rings. The van der Waals surface area contributed by atoms with Crippen LogP contribution in [0.25, 0.3) is 0 Å². The van der Waals surface area contributed by atoms with Crippen LogP contribution < -0.4 is 11.1 Å². The molecular formula is C11H20N4O2. The lowest BCUT2D eigenvalue weighted by Gasteiger charge is -2.12. The summed E-state index contributed by atoms with van der Waals surface area (Å²) in [6, 6.07) is -0.451. The maximum Gasteiger partial charge on any atom is 0.236 e. The van der Waals surface area contributed by atoms with Gasteiger partial charge in [-0.15, -0.1) is 0 Å². The molecule has 0 aliphatic carbocycles. The first kappa shape index (κ1) is 13.7. The number of hydrogen-bond donors (Lipinski definition) is 2. The van der Waals surface area contributed by atoms with Crippen molar-refractivity contribution in [1.82, 2.24) is 14.9 Å². The number of ether oxygens (including phenoxy) is 1. The maximum atomic E-state index is 11.6. The van der Waals surface area contributed by atoms with Crippen LogP contribution in [0.1, 0.15) is 12.8 Å². The van der Waals surface area contributed by atoms with Crippen LogP contribution in [-0.4, -0.2) is 41.8 Å². The van der Waals surface area contributed by atoms with E-state index >= 15 is 0 Å². The number of methoxy groups -OCH3 is 1. The molecule has 1 aromatic heterocycles. The monoisotopic (exact) mass is 240 g/mol. The number of carbonyl (C=O) groups is 1. The fourth-order valence-corrected chi connectivity index (χ4v) is 1.44. The molecule has 1 unspecified atom stereocenters. The van der Waals surface area contributed by atoms with Gasteiger partial charge in [-0.25, -0.2) is 4.98 Å². The summed E-state index contributed by atoms with van der Waals surface area (Å²) in [7, 11) is 1.64. The molecule has 1 rings (SSSR count). The first-order chi connectivity index (χ1) is 8.24. The second-order valence-electron chi connectivity index (χ2n) is 3.83. The molecule has 0 aliphatic heterocycles. The number of nitrogens with one attached hydrogen (secondary N) is 1. The van der Waals surface area contributed by atoms with Crippen molar-refractivity contribution in [2.24, 2.45) is 5.73 Å². The van der Waals surface area contributed by atoms with E-state index in [1.165, 1.54) is 0 Å². The fourth-order valence-electron chi connectivity index (χ4n) is 1.44. The van der Waals surface area contributed by atoms with Crippen LogP contribution in [0.4, 0.5) is 0 Å². The van der Waals surface area contributed by atoms with E-state index in [-0.39, 0.29) is 5.91 Å². The molecule has 96 valence electrons. The van der Waals surface area contributed by atoms with Gasteiger partial charge in [0.1, 0.15) is 0 Å². The number of carbonyl (C=O) groups excluding carboxylic acids is 1. The number of aromatic nitrogens is 2. The van der Waals surface area contributed by atoms with E-state index in [1.54, 1.807) is 19.6 Å². The van der Waals surface area contributed by atoms with Crippen LogP contribution >= 0.6 is 0 Å². The van der Waals surface area contributed by atoms with Gasteiger partial charge < -0.3 is 20.4 Å². The summed E-state index contributed by atoms with van der Waals surface area (Å²) in [5.74, 6) is -0.110. The molecule has 0 saturated carbocycles. The smallest absolute Gasteiger partial charge is 0.236 e. The molecule has 6 heteroatoms. The van der Waals surface area contributed by atoms with Crippen molar-refractivity contribution in [1.29, 1.82) is 0 Å². The Morgan fingerprint density at radius 1 is 1.65 bits per heavy atom. The molecule has 0 fully saturated rings. The van der Waals surface area contributed by atoms with E-state index in [2.05, 4.69) is 10.3 Å². The first-order valence-corrected chi connectivity index (χ1v) is 5.72. The minimum atomic E-state index is -0.451. The highest BCUT2D eigenvalue weighted by atomic mass is 16.5. The molecule has 0 saturated heterocycles. The number of hydrogen-bond acceptors (Lipinski definition) is 4. The van der Waals surface area contributed by atoms with Gasteiger partial charge in [0, 0.05) is 39.2 Å². The van der Waals surface area contributed by atoms with Crippen molar-refractivity contribution in [3.05, 3.63) is 18.7 Å². The van der Waals surface area contributed by atoms with Gasteiger partial charge in [-0.3, -0.25) is 4.79 Å². The second-order valence-corrected chi connectivity index (χ2v) is 3.83. The molecule has 1 amide bonds. The third-order valence-corrected chi connectivity index (χ3v) is 2.43. The second kappa shape index (κ2) is 7.81. The normalized spacial score (nSPS) is 12.4. The zero-order valence-corrected chi connectivity index (χ0v) is 10.1. The van der Waals surface area contributed by atoms with Gasteiger partial charge in [-0.05, 0) is 12.8 Å². The third-order valence-electron chi connectivity index (χ3n) is 2.43. The first-order valence-electron chi connectivity index (χ1n) is 5.72. The Morgan fingerprint density at radius 3 is 3.12 bits per heavy atom. The molecule has 17 heavy (non-hydrogen) atoms. The summed E-state index contributed by atoms with van der Waals surface area (Å²) in [6.07, 6.45) is 6.71. The standard InChI is InChI=1S/C11H20N4O2/c1-17-8-2-3-10(12)11(16)14-5-7-15-6-4-13-9-15/h4,6,9-10H,2-3,5,7-8,12H2,1H3,(H,14,16). The van der Waals surface area contributed by atoms with Gasteiger partial charge in [0.05, 0.1) is 12.4 Å². The van der Waals surface area contributed by atoms with Crippen LogP contribution in [-0.2, 0) is 16.1 Å². The van der Waals surface area contributed by atoms with E-state index < -0.39 is 6.04 Å². The SMILES string of the molecule is COCCCC(N)C(=O)NCCn1ccnc1. The zero-order chi connectivity index (χ0) is 12.5. The molecule has 1 atom stereocenters. The van der Waals surface area contributed by atoms with Gasteiger partial charge in [-0.2, -0.15) is 0 Å². The Bertz CT molecular complexity index is 313. The van der Waals surface area contributed by atoms with Gasteiger partial charge in [0.25, 0.3) is 0 Å². The summed E-state index contributed by atoms with van der Waals surface area (Å²) in [5, 5.41) is 2.79. The zero-order valence-electron chi connectivity index (χ0n) is 10.1. The molecule has 1 aromatic rings. The predicted octanol–water partition coefficient (Wildman–Crippen LogP) is -0.247. The number of rotatable bonds is 8. The molecule has 0 spiro atoms. The summed E-state index contributed by atoms with van der Waals surface area (Å²) < 4.78 is 6.80. The van der Waals surface area contributed by atoms with Gasteiger partial charge in [0.15, 0.2) is 0 Å².